The van der Waals surface area contributed by atoms with Gasteiger partial charge in [0.15, 0.2) is 0 Å². The second-order valence-electron chi connectivity index (χ2n) is 3.72. The van der Waals surface area contributed by atoms with Crippen LogP contribution in [0.2, 0.25) is 0 Å². The first-order chi connectivity index (χ1) is 7.20. The highest BCUT2D eigenvalue weighted by Crippen LogP contribution is 2.17. The summed E-state index contributed by atoms with van der Waals surface area (Å²) in [7, 11) is 0. The average molecular weight is 221 g/mol. The summed E-state index contributed by atoms with van der Waals surface area (Å²) in [5.41, 5.74) is 4.57. The van der Waals surface area contributed by atoms with E-state index in [9.17, 15) is 0 Å². The van der Waals surface area contributed by atoms with Gasteiger partial charge in [0.1, 0.15) is 0 Å². The lowest BCUT2D eigenvalue weighted by Gasteiger charge is -2.07. The number of alkyl halides is 1. The molecule has 0 aliphatic carbocycles. The van der Waals surface area contributed by atoms with Gasteiger partial charge in [0.2, 0.25) is 0 Å². The zero-order valence-corrected chi connectivity index (χ0v) is 9.62. The Morgan fingerprint density at radius 1 is 1.33 bits per heavy atom. The van der Waals surface area contributed by atoms with Crippen molar-refractivity contribution in [2.45, 2.75) is 19.7 Å². The molecule has 0 N–H and O–H groups in total. The topological polar surface area (TPSA) is 17.8 Å². The molecular formula is C12H13ClN2. The van der Waals surface area contributed by atoms with Crippen molar-refractivity contribution in [3.05, 3.63) is 47.3 Å². The van der Waals surface area contributed by atoms with Gasteiger partial charge >= 0.3 is 0 Å². The van der Waals surface area contributed by atoms with Gasteiger partial charge in [-0.05, 0) is 36.6 Å². The van der Waals surface area contributed by atoms with Gasteiger partial charge < -0.3 is 0 Å². The molecule has 15 heavy (non-hydrogen) atoms. The summed E-state index contributed by atoms with van der Waals surface area (Å²) in [4.78, 5) is 0. The molecule has 0 radical (unpaired) electrons. The second-order valence-corrected chi connectivity index (χ2v) is 3.98. The lowest BCUT2D eigenvalue weighted by atomic mass is 10.1. The van der Waals surface area contributed by atoms with Crippen LogP contribution in [0.1, 0.15) is 16.7 Å². The van der Waals surface area contributed by atoms with E-state index in [2.05, 4.69) is 24.2 Å². The number of rotatable bonds is 2. The van der Waals surface area contributed by atoms with Crippen LogP contribution in [0.5, 0.6) is 0 Å². The number of aromatic nitrogens is 2. The molecule has 1 aromatic carbocycles. The fourth-order valence-electron chi connectivity index (χ4n) is 1.53. The third-order valence-electron chi connectivity index (χ3n) is 2.39. The van der Waals surface area contributed by atoms with Crippen molar-refractivity contribution in [2.24, 2.45) is 0 Å². The lowest BCUT2D eigenvalue weighted by Crippen LogP contribution is -1.98. The van der Waals surface area contributed by atoms with Crippen LogP contribution < -0.4 is 0 Å². The summed E-state index contributed by atoms with van der Waals surface area (Å²) < 4.78 is 1.89. The monoisotopic (exact) mass is 220 g/mol. The highest BCUT2D eigenvalue weighted by Gasteiger charge is 2.03. The van der Waals surface area contributed by atoms with E-state index in [4.69, 9.17) is 11.6 Å². The van der Waals surface area contributed by atoms with Crippen LogP contribution in [0.15, 0.2) is 30.6 Å². The summed E-state index contributed by atoms with van der Waals surface area (Å²) >= 11 is 5.81. The quantitative estimate of drug-likeness (QED) is 0.711. The second kappa shape index (κ2) is 4.07. The molecule has 2 nitrogen and oxygen atoms in total. The number of nitrogens with zero attached hydrogens (tertiary/aromatic N) is 2. The number of hydrogen-bond acceptors (Lipinski definition) is 1. The molecule has 0 saturated carbocycles. The molecule has 0 aliphatic heterocycles. The first kappa shape index (κ1) is 10.2. The van der Waals surface area contributed by atoms with Gasteiger partial charge in [-0.25, -0.2) is 4.68 Å². The Bertz CT molecular complexity index is 474. The van der Waals surface area contributed by atoms with Gasteiger partial charge in [-0.15, -0.1) is 11.6 Å². The van der Waals surface area contributed by atoms with Crippen LogP contribution in [-0.2, 0) is 5.88 Å². The van der Waals surface area contributed by atoms with Crippen molar-refractivity contribution >= 4 is 11.6 Å². The maximum atomic E-state index is 5.81. The van der Waals surface area contributed by atoms with E-state index in [1.165, 1.54) is 5.56 Å². The smallest absolute Gasteiger partial charge is 0.0677 e. The van der Waals surface area contributed by atoms with Gasteiger partial charge in [0.25, 0.3) is 0 Å². The Morgan fingerprint density at radius 3 is 2.73 bits per heavy atom. The van der Waals surface area contributed by atoms with E-state index in [0.29, 0.717) is 5.88 Å². The molecule has 2 rings (SSSR count). The molecule has 0 amide bonds. The standard InChI is InChI=1S/C12H13ClN2/c1-9-7-14-15(8-9)12-5-11(6-13)4-3-10(12)2/h3-5,7-8H,6H2,1-2H3. The number of halogens is 1. The highest BCUT2D eigenvalue weighted by molar-refractivity contribution is 6.17. The Kier molecular flexibility index (Phi) is 2.78. The SMILES string of the molecule is Cc1cnn(-c2cc(CCl)ccc2C)c1. The lowest BCUT2D eigenvalue weighted by molar-refractivity contribution is 0.870. The predicted molar refractivity (Wildman–Crippen MR) is 62.6 cm³/mol. The number of aryl methyl sites for hydroxylation is 2. The third kappa shape index (κ3) is 2.05. The van der Waals surface area contributed by atoms with Crippen molar-refractivity contribution in [3.8, 4) is 5.69 Å². The van der Waals surface area contributed by atoms with Crippen molar-refractivity contribution in [1.29, 1.82) is 0 Å². The molecule has 0 atom stereocenters. The van der Waals surface area contributed by atoms with Gasteiger partial charge in [0, 0.05) is 12.1 Å². The average Bonchev–Trinajstić information content (AvgIpc) is 2.65. The van der Waals surface area contributed by atoms with Crippen LogP contribution in [-0.4, -0.2) is 9.78 Å². The Labute approximate surface area is 94.5 Å². The van der Waals surface area contributed by atoms with Crippen molar-refractivity contribution < 1.29 is 0 Å². The zero-order valence-electron chi connectivity index (χ0n) is 8.87. The van der Waals surface area contributed by atoms with E-state index in [1.807, 2.05) is 30.1 Å². The molecule has 3 heteroatoms. The zero-order chi connectivity index (χ0) is 10.8. The molecule has 78 valence electrons. The molecule has 0 saturated heterocycles. The van der Waals surface area contributed by atoms with Crippen molar-refractivity contribution in [3.63, 3.8) is 0 Å². The molecule has 1 heterocycles. The van der Waals surface area contributed by atoms with E-state index >= 15 is 0 Å². The number of hydrogen-bond donors (Lipinski definition) is 0. The number of benzene rings is 1. The summed E-state index contributed by atoms with van der Waals surface area (Å²) in [6, 6.07) is 6.20. The minimum absolute atomic E-state index is 0.535. The van der Waals surface area contributed by atoms with Crippen LogP contribution in [0.4, 0.5) is 0 Å². The van der Waals surface area contributed by atoms with Gasteiger partial charge in [0.05, 0.1) is 11.9 Å². The summed E-state index contributed by atoms with van der Waals surface area (Å²) in [6.45, 7) is 4.11. The maximum absolute atomic E-state index is 5.81. The van der Waals surface area contributed by atoms with Crippen molar-refractivity contribution in [1.82, 2.24) is 9.78 Å². The van der Waals surface area contributed by atoms with Crippen LogP contribution in [0, 0.1) is 13.8 Å². The fraction of sp³-hybridized carbons (Fsp3) is 0.250. The van der Waals surface area contributed by atoms with Crippen molar-refractivity contribution in [2.75, 3.05) is 0 Å². The Morgan fingerprint density at radius 2 is 2.13 bits per heavy atom. The van der Waals surface area contributed by atoms with E-state index in [1.54, 1.807) is 0 Å². The highest BCUT2D eigenvalue weighted by atomic mass is 35.5. The minimum atomic E-state index is 0.535. The molecular weight excluding hydrogens is 208 g/mol. The van der Waals surface area contributed by atoms with Gasteiger partial charge in [-0.1, -0.05) is 12.1 Å². The minimum Gasteiger partial charge on any atom is -0.240 e. The third-order valence-corrected chi connectivity index (χ3v) is 2.69. The van der Waals surface area contributed by atoms with E-state index in [0.717, 1.165) is 16.8 Å². The largest absolute Gasteiger partial charge is 0.240 e. The van der Waals surface area contributed by atoms with Crippen LogP contribution >= 0.6 is 11.6 Å². The Balaban J connectivity index is 2.51. The fourth-order valence-corrected chi connectivity index (χ4v) is 1.70. The molecule has 0 aliphatic rings. The first-order valence-corrected chi connectivity index (χ1v) is 5.41. The molecule has 0 spiro atoms. The summed E-state index contributed by atoms with van der Waals surface area (Å²) in [6.07, 6.45) is 3.87. The van der Waals surface area contributed by atoms with Gasteiger partial charge in [-0.2, -0.15) is 5.10 Å². The van der Waals surface area contributed by atoms with Crippen LogP contribution in [0.3, 0.4) is 0 Å². The molecule has 0 fully saturated rings. The Hall–Kier alpha value is -1.28. The van der Waals surface area contributed by atoms with E-state index < -0.39 is 0 Å². The summed E-state index contributed by atoms with van der Waals surface area (Å²) in [5.74, 6) is 0.535. The molecule has 0 bridgehead atoms. The molecule has 2 aromatic rings. The normalized spacial score (nSPS) is 10.6. The summed E-state index contributed by atoms with van der Waals surface area (Å²) in [5, 5.41) is 4.30. The molecule has 1 aromatic heterocycles. The van der Waals surface area contributed by atoms with Gasteiger partial charge in [-0.3, -0.25) is 0 Å². The van der Waals surface area contributed by atoms with Crippen LogP contribution in [0.25, 0.3) is 5.69 Å². The van der Waals surface area contributed by atoms with E-state index in [-0.39, 0.29) is 0 Å². The predicted octanol–water partition coefficient (Wildman–Crippen LogP) is 3.23. The maximum Gasteiger partial charge on any atom is 0.0677 e. The molecule has 0 unspecified atom stereocenters. The first-order valence-electron chi connectivity index (χ1n) is 4.88.